The monoisotopic (exact) mass is 186 g/mol. The van der Waals surface area contributed by atoms with Gasteiger partial charge in [-0.2, -0.15) is 0 Å². The van der Waals surface area contributed by atoms with Gasteiger partial charge in [0.05, 0.1) is 0 Å². The molecule has 0 heteroatoms. The SMILES string of the molecule is C=C(/C=C1/C=CC=CC1C)C(=C)CC. The fourth-order valence-electron chi connectivity index (χ4n) is 1.37. The quantitative estimate of drug-likeness (QED) is 0.579. The Morgan fingerprint density at radius 3 is 2.71 bits per heavy atom. The average molecular weight is 186 g/mol. The summed E-state index contributed by atoms with van der Waals surface area (Å²) >= 11 is 0. The van der Waals surface area contributed by atoms with Crippen molar-refractivity contribution in [2.45, 2.75) is 20.3 Å². The van der Waals surface area contributed by atoms with E-state index in [2.05, 4.69) is 57.4 Å². The standard InChI is InChI=1S/C14H18/c1-5-11(2)13(4)10-14-9-7-6-8-12(14)3/h6-10,12H,2,4-5H2,1,3H3/b14-10-. The minimum absolute atomic E-state index is 0.487. The van der Waals surface area contributed by atoms with Gasteiger partial charge in [0.1, 0.15) is 0 Å². The van der Waals surface area contributed by atoms with Crippen molar-refractivity contribution in [3.63, 3.8) is 0 Å². The highest BCUT2D eigenvalue weighted by Gasteiger charge is 2.05. The fourth-order valence-corrected chi connectivity index (χ4v) is 1.37. The lowest BCUT2D eigenvalue weighted by Gasteiger charge is -2.12. The van der Waals surface area contributed by atoms with Crippen LogP contribution in [0.3, 0.4) is 0 Å². The maximum absolute atomic E-state index is 4.02. The zero-order chi connectivity index (χ0) is 10.6. The summed E-state index contributed by atoms with van der Waals surface area (Å²) in [7, 11) is 0. The summed E-state index contributed by atoms with van der Waals surface area (Å²) in [5.74, 6) is 0.487. The lowest BCUT2D eigenvalue weighted by atomic mass is 9.93. The zero-order valence-electron chi connectivity index (χ0n) is 9.09. The maximum atomic E-state index is 4.02. The molecule has 0 aromatic heterocycles. The van der Waals surface area contributed by atoms with E-state index in [0.717, 1.165) is 17.6 Å². The molecule has 74 valence electrons. The molecule has 0 spiro atoms. The Balaban J connectivity index is 2.78. The number of hydrogen-bond acceptors (Lipinski definition) is 0. The average Bonchev–Trinajstić information content (AvgIpc) is 2.20. The Bertz CT molecular complexity index is 324. The van der Waals surface area contributed by atoms with Gasteiger partial charge < -0.3 is 0 Å². The second kappa shape index (κ2) is 4.80. The smallest absolute Gasteiger partial charge is 0.000711 e. The third-order valence-electron chi connectivity index (χ3n) is 2.55. The second-order valence-corrected chi connectivity index (χ2v) is 3.66. The molecule has 0 radical (unpaired) electrons. The van der Waals surface area contributed by atoms with Crippen molar-refractivity contribution in [1.82, 2.24) is 0 Å². The lowest BCUT2D eigenvalue weighted by Crippen LogP contribution is -1.97. The van der Waals surface area contributed by atoms with Crippen molar-refractivity contribution in [3.05, 3.63) is 60.3 Å². The van der Waals surface area contributed by atoms with Crippen molar-refractivity contribution in [3.8, 4) is 0 Å². The first kappa shape index (κ1) is 10.8. The molecule has 0 nitrogen and oxygen atoms in total. The van der Waals surface area contributed by atoms with E-state index in [9.17, 15) is 0 Å². The third kappa shape index (κ3) is 2.59. The molecule has 1 aliphatic carbocycles. The molecular weight excluding hydrogens is 168 g/mol. The number of rotatable bonds is 3. The van der Waals surface area contributed by atoms with Crippen LogP contribution in [0.15, 0.2) is 60.3 Å². The van der Waals surface area contributed by atoms with Crippen LogP contribution in [0.25, 0.3) is 0 Å². The summed E-state index contributed by atoms with van der Waals surface area (Å²) in [5.41, 5.74) is 3.48. The molecular formula is C14H18. The van der Waals surface area contributed by atoms with Crippen molar-refractivity contribution in [1.29, 1.82) is 0 Å². The van der Waals surface area contributed by atoms with E-state index in [0.29, 0.717) is 5.92 Å². The molecule has 0 aromatic carbocycles. The molecule has 0 aliphatic heterocycles. The fraction of sp³-hybridized carbons (Fsp3) is 0.286. The number of hydrogen-bond donors (Lipinski definition) is 0. The van der Waals surface area contributed by atoms with Crippen molar-refractivity contribution in [2.75, 3.05) is 0 Å². The second-order valence-electron chi connectivity index (χ2n) is 3.66. The van der Waals surface area contributed by atoms with Gasteiger partial charge in [-0.1, -0.05) is 57.4 Å². The molecule has 0 N–H and O–H groups in total. The first-order valence-electron chi connectivity index (χ1n) is 5.08. The molecule has 14 heavy (non-hydrogen) atoms. The first-order valence-corrected chi connectivity index (χ1v) is 5.08. The molecule has 0 saturated carbocycles. The van der Waals surface area contributed by atoms with Crippen molar-refractivity contribution < 1.29 is 0 Å². The summed E-state index contributed by atoms with van der Waals surface area (Å²) in [6, 6.07) is 0. The summed E-state index contributed by atoms with van der Waals surface area (Å²) < 4.78 is 0. The van der Waals surface area contributed by atoms with E-state index < -0.39 is 0 Å². The summed E-state index contributed by atoms with van der Waals surface area (Å²) in [6.45, 7) is 12.3. The summed E-state index contributed by atoms with van der Waals surface area (Å²) in [4.78, 5) is 0. The molecule has 1 unspecified atom stereocenters. The van der Waals surface area contributed by atoms with Crippen LogP contribution in [-0.2, 0) is 0 Å². The molecule has 0 fully saturated rings. The van der Waals surface area contributed by atoms with Gasteiger partial charge in [-0.3, -0.25) is 0 Å². The maximum Gasteiger partial charge on any atom is -0.000711 e. The molecule has 0 bridgehead atoms. The van der Waals surface area contributed by atoms with Crippen LogP contribution in [0.5, 0.6) is 0 Å². The van der Waals surface area contributed by atoms with Gasteiger partial charge in [-0.25, -0.2) is 0 Å². The van der Waals surface area contributed by atoms with Gasteiger partial charge in [0, 0.05) is 0 Å². The number of allylic oxidation sites excluding steroid dienone is 8. The van der Waals surface area contributed by atoms with Crippen LogP contribution in [0.2, 0.25) is 0 Å². The molecule has 0 aromatic rings. The summed E-state index contributed by atoms with van der Waals surface area (Å²) in [5, 5.41) is 0. The highest BCUT2D eigenvalue weighted by atomic mass is 14.1. The molecule has 1 atom stereocenters. The van der Waals surface area contributed by atoms with E-state index in [1.807, 2.05) is 0 Å². The lowest BCUT2D eigenvalue weighted by molar-refractivity contribution is 0.881. The third-order valence-corrected chi connectivity index (χ3v) is 2.55. The minimum atomic E-state index is 0.487. The van der Waals surface area contributed by atoms with Gasteiger partial charge >= 0.3 is 0 Å². The van der Waals surface area contributed by atoms with Crippen LogP contribution in [-0.4, -0.2) is 0 Å². The van der Waals surface area contributed by atoms with E-state index >= 15 is 0 Å². The Morgan fingerprint density at radius 1 is 1.43 bits per heavy atom. The molecule has 0 heterocycles. The van der Waals surface area contributed by atoms with E-state index in [4.69, 9.17) is 0 Å². The van der Waals surface area contributed by atoms with E-state index in [1.54, 1.807) is 0 Å². The molecule has 1 aliphatic rings. The van der Waals surface area contributed by atoms with Crippen LogP contribution >= 0.6 is 0 Å². The van der Waals surface area contributed by atoms with Crippen LogP contribution in [0.1, 0.15) is 20.3 Å². The molecule has 0 amide bonds. The predicted molar refractivity (Wildman–Crippen MR) is 64.1 cm³/mol. The Kier molecular flexibility index (Phi) is 3.70. The van der Waals surface area contributed by atoms with Gasteiger partial charge in [-0.15, -0.1) is 0 Å². The Morgan fingerprint density at radius 2 is 2.14 bits per heavy atom. The van der Waals surface area contributed by atoms with Gasteiger partial charge in [0.25, 0.3) is 0 Å². The topological polar surface area (TPSA) is 0 Å². The van der Waals surface area contributed by atoms with Crippen molar-refractivity contribution >= 4 is 0 Å². The highest BCUT2D eigenvalue weighted by molar-refractivity contribution is 5.43. The van der Waals surface area contributed by atoms with E-state index in [-0.39, 0.29) is 0 Å². The Hall–Kier alpha value is -1.30. The normalized spacial score (nSPS) is 22.7. The van der Waals surface area contributed by atoms with Crippen LogP contribution in [0, 0.1) is 5.92 Å². The van der Waals surface area contributed by atoms with E-state index in [1.165, 1.54) is 5.57 Å². The molecule has 0 saturated heterocycles. The highest BCUT2D eigenvalue weighted by Crippen LogP contribution is 2.21. The van der Waals surface area contributed by atoms with Crippen LogP contribution in [0.4, 0.5) is 0 Å². The van der Waals surface area contributed by atoms with Crippen LogP contribution < -0.4 is 0 Å². The van der Waals surface area contributed by atoms with Crippen molar-refractivity contribution in [2.24, 2.45) is 5.92 Å². The largest absolute Gasteiger partial charge is 0.0953 e. The zero-order valence-corrected chi connectivity index (χ0v) is 9.09. The molecule has 1 rings (SSSR count). The Labute approximate surface area is 87.0 Å². The first-order chi connectivity index (χ1) is 6.65. The van der Waals surface area contributed by atoms with Gasteiger partial charge in [0.2, 0.25) is 0 Å². The predicted octanol–water partition coefficient (Wildman–Crippen LogP) is 4.20. The minimum Gasteiger partial charge on any atom is -0.0953 e. The van der Waals surface area contributed by atoms with Gasteiger partial charge in [-0.05, 0) is 29.1 Å². The summed E-state index contributed by atoms with van der Waals surface area (Å²) in [6.07, 6.45) is 11.6. The van der Waals surface area contributed by atoms with Gasteiger partial charge in [0.15, 0.2) is 0 Å².